The first-order chi connectivity index (χ1) is 15.7. The smallest absolute Gasteiger partial charge is 0.335 e. The maximum atomic E-state index is 11.4. The lowest BCUT2D eigenvalue weighted by Gasteiger charge is -2.15. The molecule has 3 aromatic carbocycles. The summed E-state index contributed by atoms with van der Waals surface area (Å²) in [4.78, 5) is 32.0. The van der Waals surface area contributed by atoms with Crippen molar-refractivity contribution in [3.05, 3.63) is 89.5 Å². The molecule has 0 heterocycles. The third-order valence-electron chi connectivity index (χ3n) is 4.46. The number of halogens is 1. The lowest BCUT2D eigenvalue weighted by Crippen LogP contribution is -2.04. The van der Waals surface area contributed by atoms with Gasteiger partial charge in [0.15, 0.2) is 11.5 Å². The Morgan fingerprint density at radius 3 is 2.45 bits per heavy atom. The molecule has 0 aliphatic rings. The summed E-state index contributed by atoms with van der Waals surface area (Å²) in [5, 5.41) is 34.6. The van der Waals surface area contributed by atoms with E-state index in [1.54, 1.807) is 24.3 Å². The third-order valence-corrected chi connectivity index (χ3v) is 5.26. The van der Waals surface area contributed by atoms with Crippen LogP contribution in [0.2, 0.25) is 0 Å². The molecular formula is C21H16IN3O8. The second kappa shape index (κ2) is 10.1. The largest absolute Gasteiger partial charge is 0.493 e. The Hall–Kier alpha value is -3.94. The van der Waals surface area contributed by atoms with Crippen molar-refractivity contribution >= 4 is 45.6 Å². The number of non-ortho nitro benzene ring substituents is 1. The van der Waals surface area contributed by atoms with Gasteiger partial charge in [-0.05, 0) is 64.6 Å². The van der Waals surface area contributed by atoms with E-state index in [0.717, 1.165) is 23.8 Å². The third kappa shape index (κ3) is 5.65. The Morgan fingerprint density at radius 1 is 1.06 bits per heavy atom. The minimum absolute atomic E-state index is 0.153. The van der Waals surface area contributed by atoms with Crippen molar-refractivity contribution in [3.8, 4) is 17.2 Å². The molecule has 3 aromatic rings. The summed E-state index contributed by atoms with van der Waals surface area (Å²) >= 11 is 1.99. The predicted molar refractivity (Wildman–Crippen MR) is 126 cm³/mol. The molecule has 170 valence electrons. The van der Waals surface area contributed by atoms with E-state index in [0.29, 0.717) is 21.6 Å². The summed E-state index contributed by atoms with van der Waals surface area (Å²) in [5.74, 6) is -0.688. The number of hydrogen-bond donors (Lipinski definition) is 2. The van der Waals surface area contributed by atoms with Gasteiger partial charge in [-0.1, -0.05) is 6.07 Å². The van der Waals surface area contributed by atoms with Crippen LogP contribution in [0.15, 0.2) is 54.6 Å². The SMILES string of the molecule is COc1cc(CNc2cccc(C(=O)O)c2)cc(I)c1Oc1ccc([N+](=O)[O-])cc1[N+](=O)[O-]. The van der Waals surface area contributed by atoms with E-state index < -0.39 is 27.2 Å². The Morgan fingerprint density at radius 2 is 1.82 bits per heavy atom. The van der Waals surface area contributed by atoms with E-state index in [-0.39, 0.29) is 17.1 Å². The summed E-state index contributed by atoms with van der Waals surface area (Å²) in [7, 11) is 1.41. The maximum absolute atomic E-state index is 11.4. The minimum Gasteiger partial charge on any atom is -0.493 e. The Bertz CT molecular complexity index is 1250. The predicted octanol–water partition coefficient (Wildman–Crippen LogP) is 5.22. The van der Waals surface area contributed by atoms with Gasteiger partial charge in [0, 0.05) is 18.3 Å². The highest BCUT2D eigenvalue weighted by atomic mass is 127. The number of methoxy groups -OCH3 is 1. The minimum atomic E-state index is -1.03. The number of nitro groups is 2. The van der Waals surface area contributed by atoms with Crippen molar-refractivity contribution in [2.24, 2.45) is 0 Å². The van der Waals surface area contributed by atoms with Crippen molar-refractivity contribution in [3.63, 3.8) is 0 Å². The maximum Gasteiger partial charge on any atom is 0.335 e. The number of aromatic carboxylic acids is 1. The van der Waals surface area contributed by atoms with Crippen molar-refractivity contribution < 1.29 is 29.2 Å². The van der Waals surface area contributed by atoms with E-state index in [4.69, 9.17) is 14.6 Å². The van der Waals surface area contributed by atoms with Gasteiger partial charge in [0.25, 0.3) is 5.69 Å². The molecule has 0 unspecified atom stereocenters. The number of benzene rings is 3. The lowest BCUT2D eigenvalue weighted by atomic mass is 10.1. The second-order valence-corrected chi connectivity index (χ2v) is 7.78. The van der Waals surface area contributed by atoms with E-state index >= 15 is 0 Å². The summed E-state index contributed by atoms with van der Waals surface area (Å²) in [6, 6.07) is 12.9. The molecule has 0 saturated carbocycles. The Labute approximate surface area is 200 Å². The highest BCUT2D eigenvalue weighted by Gasteiger charge is 2.23. The van der Waals surface area contributed by atoms with E-state index in [2.05, 4.69) is 5.32 Å². The zero-order chi connectivity index (χ0) is 24.1. The average molecular weight is 565 g/mol. The first-order valence-electron chi connectivity index (χ1n) is 9.24. The van der Waals surface area contributed by atoms with Gasteiger partial charge in [0.2, 0.25) is 5.75 Å². The van der Waals surface area contributed by atoms with E-state index in [9.17, 15) is 25.0 Å². The average Bonchev–Trinajstić information content (AvgIpc) is 2.79. The molecule has 0 amide bonds. The highest BCUT2D eigenvalue weighted by molar-refractivity contribution is 14.1. The molecule has 3 rings (SSSR count). The van der Waals surface area contributed by atoms with Crippen LogP contribution in [-0.2, 0) is 6.54 Å². The van der Waals surface area contributed by atoms with Crippen molar-refractivity contribution in [1.29, 1.82) is 0 Å². The fourth-order valence-electron chi connectivity index (χ4n) is 2.90. The molecule has 0 aliphatic heterocycles. The fraction of sp³-hybridized carbons (Fsp3) is 0.0952. The lowest BCUT2D eigenvalue weighted by molar-refractivity contribution is -0.394. The van der Waals surface area contributed by atoms with Gasteiger partial charge in [0.1, 0.15) is 0 Å². The van der Waals surface area contributed by atoms with E-state index in [1.807, 2.05) is 22.6 Å². The van der Waals surface area contributed by atoms with Crippen LogP contribution in [0.1, 0.15) is 15.9 Å². The molecule has 0 aliphatic carbocycles. The van der Waals surface area contributed by atoms with Crippen molar-refractivity contribution in [2.75, 3.05) is 12.4 Å². The summed E-state index contributed by atoms with van der Waals surface area (Å²) in [6.45, 7) is 0.341. The van der Waals surface area contributed by atoms with Crippen LogP contribution >= 0.6 is 22.6 Å². The number of rotatable bonds is 9. The molecule has 12 heteroatoms. The van der Waals surface area contributed by atoms with Crippen LogP contribution in [-0.4, -0.2) is 28.0 Å². The number of carboxylic acids is 1. The molecule has 0 radical (unpaired) electrons. The van der Waals surface area contributed by atoms with Crippen LogP contribution in [0, 0.1) is 23.8 Å². The van der Waals surface area contributed by atoms with Gasteiger partial charge in [-0.2, -0.15) is 0 Å². The molecule has 2 N–H and O–H groups in total. The highest BCUT2D eigenvalue weighted by Crippen LogP contribution is 2.41. The topological polar surface area (TPSA) is 154 Å². The first-order valence-corrected chi connectivity index (χ1v) is 10.3. The van der Waals surface area contributed by atoms with Crippen LogP contribution in [0.4, 0.5) is 17.1 Å². The molecule has 0 atom stereocenters. The fourth-order valence-corrected chi connectivity index (χ4v) is 3.67. The Balaban J connectivity index is 1.87. The van der Waals surface area contributed by atoms with Crippen LogP contribution in [0.5, 0.6) is 17.2 Å². The summed E-state index contributed by atoms with van der Waals surface area (Å²) < 4.78 is 11.7. The summed E-state index contributed by atoms with van der Waals surface area (Å²) in [5.41, 5.74) is 0.573. The number of carbonyl (C=O) groups is 1. The number of hydrogen-bond acceptors (Lipinski definition) is 8. The second-order valence-electron chi connectivity index (χ2n) is 6.62. The molecule has 0 aromatic heterocycles. The number of anilines is 1. The standard InChI is InChI=1S/C21H16IN3O8/c1-32-19-8-12(11-23-14-4-2-3-13(9-14)21(26)27)7-16(22)20(19)33-18-6-5-15(24(28)29)10-17(18)25(30)31/h2-10,23H,11H2,1H3,(H,26,27). The zero-order valence-corrected chi connectivity index (χ0v) is 19.1. The monoisotopic (exact) mass is 565 g/mol. The van der Waals surface area contributed by atoms with E-state index in [1.165, 1.54) is 19.2 Å². The number of ether oxygens (including phenoxy) is 2. The molecule has 0 bridgehead atoms. The van der Waals surface area contributed by atoms with Gasteiger partial charge < -0.3 is 19.9 Å². The van der Waals surface area contributed by atoms with Crippen LogP contribution in [0.3, 0.4) is 0 Å². The van der Waals surface area contributed by atoms with Crippen LogP contribution in [0.25, 0.3) is 0 Å². The Kier molecular flexibility index (Phi) is 7.27. The quantitative estimate of drug-likeness (QED) is 0.202. The van der Waals surface area contributed by atoms with Gasteiger partial charge in [-0.25, -0.2) is 4.79 Å². The molecule has 33 heavy (non-hydrogen) atoms. The molecular weight excluding hydrogens is 549 g/mol. The number of nitrogens with one attached hydrogen (secondary N) is 1. The van der Waals surface area contributed by atoms with Crippen LogP contribution < -0.4 is 14.8 Å². The molecule has 0 fully saturated rings. The normalized spacial score (nSPS) is 10.4. The first kappa shape index (κ1) is 23.7. The molecule has 0 saturated heterocycles. The van der Waals surface area contributed by atoms with Crippen molar-refractivity contribution in [2.45, 2.75) is 6.54 Å². The number of carboxylic acid groups (broad SMARTS) is 1. The van der Waals surface area contributed by atoms with Gasteiger partial charge in [0.05, 0.1) is 32.2 Å². The van der Waals surface area contributed by atoms with Gasteiger partial charge in [-0.15, -0.1) is 0 Å². The summed E-state index contributed by atoms with van der Waals surface area (Å²) in [6.07, 6.45) is 0. The molecule has 11 nitrogen and oxygen atoms in total. The zero-order valence-electron chi connectivity index (χ0n) is 17.0. The number of nitro benzene ring substituents is 2. The van der Waals surface area contributed by atoms with Gasteiger partial charge >= 0.3 is 11.7 Å². The molecule has 0 spiro atoms. The van der Waals surface area contributed by atoms with Gasteiger partial charge in [-0.3, -0.25) is 20.2 Å². The van der Waals surface area contributed by atoms with Crippen molar-refractivity contribution in [1.82, 2.24) is 0 Å². The number of nitrogens with zero attached hydrogens (tertiary/aromatic N) is 2.